The lowest BCUT2D eigenvalue weighted by molar-refractivity contribution is 0.0290. The maximum atomic E-state index is 11.0. The lowest BCUT2D eigenvalue weighted by Crippen LogP contribution is -2.49. The fraction of sp³-hybridized carbons (Fsp3) is 0.953. The summed E-state index contributed by atoms with van der Waals surface area (Å²) in [5, 5.41) is 11.4. The van der Waals surface area contributed by atoms with Gasteiger partial charge in [-0.15, -0.1) is 6.58 Å². The van der Waals surface area contributed by atoms with E-state index in [2.05, 4.69) is 115 Å². The summed E-state index contributed by atoms with van der Waals surface area (Å²) < 4.78 is 21.7. The molecular formula is C43H92O4Si3. The zero-order valence-electron chi connectivity index (χ0n) is 37.0. The van der Waals surface area contributed by atoms with Gasteiger partial charge in [0.15, 0.2) is 25.0 Å². The van der Waals surface area contributed by atoms with E-state index in [1.54, 1.807) is 0 Å². The molecule has 0 spiro atoms. The van der Waals surface area contributed by atoms with Crippen LogP contribution in [0.5, 0.6) is 0 Å². The Balaban J connectivity index is 5.93. The van der Waals surface area contributed by atoms with Gasteiger partial charge in [-0.05, 0) is 86.5 Å². The largest absolute Gasteiger partial charge is 0.414 e. The van der Waals surface area contributed by atoms with Gasteiger partial charge in [0.1, 0.15) is 0 Å². The molecule has 0 fully saturated rings. The SMILES string of the molecule is C=CC[C@@H](O)C[C@H](C[C@H](C[C@H](CCCCCCCCCCCCCCC)O[Si](C)(C)C(C)(C)C)O[Si](C)(C)C(C)(C)C)O[Si](C)(C)C(C)(C)C. The van der Waals surface area contributed by atoms with Crippen molar-refractivity contribution >= 4 is 25.0 Å². The van der Waals surface area contributed by atoms with Crippen LogP contribution in [0.3, 0.4) is 0 Å². The molecule has 300 valence electrons. The first kappa shape index (κ1) is 50.2. The molecule has 0 aliphatic carbocycles. The highest BCUT2D eigenvalue weighted by molar-refractivity contribution is 6.75. The third-order valence-corrected chi connectivity index (χ3v) is 26.1. The minimum Gasteiger partial charge on any atom is -0.414 e. The first-order valence-electron chi connectivity index (χ1n) is 21.1. The van der Waals surface area contributed by atoms with E-state index in [1.165, 1.54) is 83.5 Å². The van der Waals surface area contributed by atoms with Crippen molar-refractivity contribution < 1.29 is 18.4 Å². The zero-order chi connectivity index (χ0) is 38.9. The van der Waals surface area contributed by atoms with Gasteiger partial charge in [0.25, 0.3) is 0 Å². The summed E-state index contributed by atoms with van der Waals surface area (Å²) in [6, 6.07) is 0. The first-order chi connectivity index (χ1) is 22.8. The Morgan fingerprint density at radius 3 is 1.14 bits per heavy atom. The minimum atomic E-state index is -2.09. The first-order valence-corrected chi connectivity index (χ1v) is 29.8. The van der Waals surface area contributed by atoms with E-state index in [4.69, 9.17) is 13.3 Å². The molecular weight excluding hydrogens is 665 g/mol. The van der Waals surface area contributed by atoms with Crippen LogP contribution in [0.4, 0.5) is 0 Å². The molecule has 0 saturated heterocycles. The fourth-order valence-corrected chi connectivity index (χ4v) is 10.1. The van der Waals surface area contributed by atoms with Crippen LogP contribution in [-0.2, 0) is 13.3 Å². The van der Waals surface area contributed by atoms with Crippen LogP contribution < -0.4 is 0 Å². The van der Waals surface area contributed by atoms with Gasteiger partial charge in [-0.2, -0.15) is 0 Å². The van der Waals surface area contributed by atoms with Crippen LogP contribution in [0.2, 0.25) is 54.4 Å². The predicted octanol–water partition coefficient (Wildman–Crippen LogP) is 14.7. The van der Waals surface area contributed by atoms with Crippen molar-refractivity contribution in [2.45, 2.75) is 264 Å². The van der Waals surface area contributed by atoms with Gasteiger partial charge >= 0.3 is 0 Å². The number of hydrogen-bond donors (Lipinski definition) is 1. The predicted molar refractivity (Wildman–Crippen MR) is 231 cm³/mol. The van der Waals surface area contributed by atoms with Crippen LogP contribution >= 0.6 is 0 Å². The highest BCUT2D eigenvalue weighted by Crippen LogP contribution is 2.42. The molecule has 0 bridgehead atoms. The second kappa shape index (κ2) is 23.2. The molecule has 0 heterocycles. The molecule has 4 atom stereocenters. The lowest BCUT2D eigenvalue weighted by Gasteiger charge is -2.44. The van der Waals surface area contributed by atoms with E-state index < -0.39 is 31.1 Å². The summed E-state index contributed by atoms with van der Waals surface area (Å²) in [6.07, 6.45) is 23.3. The van der Waals surface area contributed by atoms with Crippen LogP contribution in [0.15, 0.2) is 12.7 Å². The molecule has 0 aliphatic rings. The van der Waals surface area contributed by atoms with Crippen molar-refractivity contribution in [2.24, 2.45) is 0 Å². The van der Waals surface area contributed by atoms with E-state index in [-0.39, 0.29) is 33.4 Å². The Morgan fingerprint density at radius 1 is 0.500 bits per heavy atom. The average molecular weight is 757 g/mol. The molecule has 1 N–H and O–H groups in total. The molecule has 0 radical (unpaired) electrons. The van der Waals surface area contributed by atoms with E-state index in [0.29, 0.717) is 12.8 Å². The molecule has 0 unspecified atom stereocenters. The Kier molecular flexibility index (Phi) is 23.3. The highest BCUT2D eigenvalue weighted by Gasteiger charge is 2.44. The summed E-state index contributed by atoms with van der Waals surface area (Å²) in [5.41, 5.74) is 0. The molecule has 0 saturated carbocycles. The topological polar surface area (TPSA) is 47.9 Å². The Labute approximate surface area is 318 Å². The van der Waals surface area contributed by atoms with E-state index >= 15 is 0 Å². The van der Waals surface area contributed by atoms with Gasteiger partial charge in [-0.1, -0.05) is 159 Å². The van der Waals surface area contributed by atoms with Gasteiger partial charge in [0.05, 0.1) is 6.10 Å². The van der Waals surface area contributed by atoms with Crippen LogP contribution in [0.25, 0.3) is 0 Å². The molecule has 0 aromatic heterocycles. The van der Waals surface area contributed by atoms with Crippen molar-refractivity contribution in [1.82, 2.24) is 0 Å². The number of hydrogen-bond acceptors (Lipinski definition) is 4. The van der Waals surface area contributed by atoms with E-state index in [1.807, 2.05) is 6.08 Å². The molecule has 0 aromatic rings. The molecule has 50 heavy (non-hydrogen) atoms. The van der Waals surface area contributed by atoms with Crippen LogP contribution in [0.1, 0.15) is 185 Å². The number of aliphatic hydroxyl groups is 1. The number of aliphatic hydroxyl groups excluding tert-OH is 1. The highest BCUT2D eigenvalue weighted by atomic mass is 28.4. The molecule has 4 nitrogen and oxygen atoms in total. The molecule has 0 amide bonds. The van der Waals surface area contributed by atoms with Gasteiger partial charge in [-0.3, -0.25) is 0 Å². The van der Waals surface area contributed by atoms with Gasteiger partial charge in [0.2, 0.25) is 0 Å². The Hall–Kier alpha value is 0.231. The zero-order valence-corrected chi connectivity index (χ0v) is 40.0. The summed E-state index contributed by atoms with van der Waals surface area (Å²) in [4.78, 5) is 0. The Morgan fingerprint density at radius 2 is 0.800 bits per heavy atom. The van der Waals surface area contributed by atoms with Crippen molar-refractivity contribution in [3.63, 3.8) is 0 Å². The van der Waals surface area contributed by atoms with Gasteiger partial charge in [-0.25, -0.2) is 0 Å². The third-order valence-electron chi connectivity index (χ3n) is 12.5. The second-order valence-corrected chi connectivity index (χ2v) is 34.7. The summed E-state index contributed by atoms with van der Waals surface area (Å²) >= 11 is 0. The summed E-state index contributed by atoms with van der Waals surface area (Å²) in [6.45, 7) is 41.4. The van der Waals surface area contributed by atoms with Gasteiger partial charge in [0, 0.05) is 18.3 Å². The summed E-state index contributed by atoms with van der Waals surface area (Å²) in [7, 11) is -6.16. The average Bonchev–Trinajstić information content (AvgIpc) is 2.93. The molecule has 0 aromatic carbocycles. The van der Waals surface area contributed by atoms with Gasteiger partial charge < -0.3 is 18.4 Å². The maximum Gasteiger partial charge on any atom is 0.192 e. The third kappa shape index (κ3) is 20.6. The quantitative estimate of drug-likeness (QED) is 0.0491. The fourth-order valence-electron chi connectivity index (χ4n) is 5.96. The Bertz CT molecular complexity index is 882. The van der Waals surface area contributed by atoms with Crippen LogP contribution in [-0.4, -0.2) is 54.5 Å². The second-order valence-electron chi connectivity index (χ2n) is 20.4. The molecule has 0 aliphatic heterocycles. The van der Waals surface area contributed by atoms with E-state index in [0.717, 1.165) is 19.3 Å². The van der Waals surface area contributed by atoms with E-state index in [9.17, 15) is 5.11 Å². The number of rotatable bonds is 28. The number of unbranched alkanes of at least 4 members (excludes halogenated alkanes) is 12. The minimum absolute atomic E-state index is 0.0262. The van der Waals surface area contributed by atoms with Crippen molar-refractivity contribution in [2.75, 3.05) is 0 Å². The van der Waals surface area contributed by atoms with Crippen molar-refractivity contribution in [1.29, 1.82) is 0 Å². The standard InChI is InChI=1S/C43H92O4Si3/c1-18-20-21-22-23-24-25-26-27-28-29-30-31-33-38(45-48(12,13)41(3,4)5)35-40(47-50(16,17)43(9,10)11)36-39(34-37(44)32-19-2)46-49(14,15)42(6,7)8/h19,37-40,44H,2,18,20-36H2,1,3-17H3/t37-,38+,39-,40+/m1/s1. The van der Waals surface area contributed by atoms with Crippen LogP contribution in [0, 0.1) is 0 Å². The summed E-state index contributed by atoms with van der Waals surface area (Å²) in [5.74, 6) is 0. The monoisotopic (exact) mass is 757 g/mol. The normalized spacial score (nSPS) is 16.3. The lowest BCUT2D eigenvalue weighted by atomic mass is 9.98. The molecule has 7 heteroatoms. The van der Waals surface area contributed by atoms with Crippen molar-refractivity contribution in [3.8, 4) is 0 Å². The van der Waals surface area contributed by atoms with Crippen molar-refractivity contribution in [3.05, 3.63) is 12.7 Å². The smallest absolute Gasteiger partial charge is 0.192 e. The maximum absolute atomic E-state index is 11.0. The molecule has 0 rings (SSSR count).